The summed E-state index contributed by atoms with van der Waals surface area (Å²) in [7, 11) is 0. The number of hydrogen-bond acceptors (Lipinski definition) is 6. The molecule has 0 radical (unpaired) electrons. The molecule has 0 saturated heterocycles. The minimum Gasteiger partial charge on any atom is -0.364 e. The van der Waals surface area contributed by atoms with Crippen LogP contribution in [-0.4, -0.2) is 37.8 Å². The Hall–Kier alpha value is -1.76. The van der Waals surface area contributed by atoms with E-state index in [0.29, 0.717) is 18.1 Å². The molecule has 2 rings (SSSR count). The molecule has 0 aromatic carbocycles. The Kier molecular flexibility index (Phi) is 2.95. The lowest BCUT2D eigenvalue weighted by molar-refractivity contribution is 0.528. The molecular formula is C9H15N7. The molecule has 0 bridgehead atoms. The van der Waals surface area contributed by atoms with Crippen molar-refractivity contribution >= 4 is 11.5 Å². The van der Waals surface area contributed by atoms with Gasteiger partial charge in [-0.25, -0.2) is 0 Å². The Labute approximate surface area is 93.0 Å². The maximum absolute atomic E-state index is 5.68. The van der Waals surface area contributed by atoms with Gasteiger partial charge in [-0.1, -0.05) is 13.8 Å². The van der Waals surface area contributed by atoms with Crippen LogP contribution in [0.25, 0.3) is 5.65 Å². The third kappa shape index (κ3) is 2.08. The number of anilines is 1. The van der Waals surface area contributed by atoms with E-state index in [9.17, 15) is 0 Å². The van der Waals surface area contributed by atoms with Crippen molar-refractivity contribution in [2.45, 2.75) is 19.9 Å². The van der Waals surface area contributed by atoms with E-state index in [0.717, 1.165) is 5.82 Å². The maximum atomic E-state index is 5.68. The third-order valence-electron chi connectivity index (χ3n) is 2.46. The molecule has 1 atom stereocenters. The lowest BCUT2D eigenvalue weighted by Gasteiger charge is -2.20. The predicted molar refractivity (Wildman–Crippen MR) is 59.9 cm³/mol. The van der Waals surface area contributed by atoms with Crippen LogP contribution in [0.15, 0.2) is 12.1 Å². The van der Waals surface area contributed by atoms with Crippen LogP contribution in [0.4, 0.5) is 5.82 Å². The summed E-state index contributed by atoms with van der Waals surface area (Å²) >= 11 is 0. The molecule has 16 heavy (non-hydrogen) atoms. The number of aromatic nitrogens is 5. The molecule has 7 heteroatoms. The van der Waals surface area contributed by atoms with E-state index >= 15 is 0 Å². The number of fused-ring (bicyclic) bond motifs is 1. The van der Waals surface area contributed by atoms with Gasteiger partial charge in [0.2, 0.25) is 0 Å². The highest BCUT2D eigenvalue weighted by atomic mass is 15.6. The number of tetrazole rings is 1. The first-order valence-electron chi connectivity index (χ1n) is 5.22. The summed E-state index contributed by atoms with van der Waals surface area (Å²) in [4.78, 5) is 0. The van der Waals surface area contributed by atoms with Crippen molar-refractivity contribution in [3.63, 3.8) is 0 Å². The van der Waals surface area contributed by atoms with Gasteiger partial charge in [0, 0.05) is 12.6 Å². The Morgan fingerprint density at radius 3 is 2.94 bits per heavy atom. The minimum atomic E-state index is 0.196. The van der Waals surface area contributed by atoms with Gasteiger partial charge >= 0.3 is 0 Å². The van der Waals surface area contributed by atoms with E-state index in [4.69, 9.17) is 5.73 Å². The standard InChI is InChI=1S/C9H15N7/c1-6(2)7(5-10)11-8-3-4-9-12-14-15-16(9)13-8/h3-4,6-7H,5,10H2,1-2H3,(H,11,13). The molecule has 0 spiro atoms. The summed E-state index contributed by atoms with van der Waals surface area (Å²) in [6.45, 7) is 4.78. The van der Waals surface area contributed by atoms with Crippen LogP contribution in [-0.2, 0) is 0 Å². The number of rotatable bonds is 4. The second-order valence-corrected chi connectivity index (χ2v) is 3.98. The first kappa shape index (κ1) is 10.7. The van der Waals surface area contributed by atoms with Crippen molar-refractivity contribution in [1.82, 2.24) is 25.3 Å². The first-order chi connectivity index (χ1) is 7.70. The summed E-state index contributed by atoms with van der Waals surface area (Å²) in [6.07, 6.45) is 0. The SMILES string of the molecule is CC(C)C(CN)Nc1ccc2nnnn2n1. The van der Waals surface area contributed by atoms with Crippen LogP contribution in [0.1, 0.15) is 13.8 Å². The van der Waals surface area contributed by atoms with Crippen LogP contribution >= 0.6 is 0 Å². The molecule has 2 aromatic heterocycles. The van der Waals surface area contributed by atoms with Gasteiger partial charge in [0.15, 0.2) is 5.65 Å². The highest BCUT2D eigenvalue weighted by Crippen LogP contribution is 2.09. The Morgan fingerprint density at radius 2 is 2.25 bits per heavy atom. The highest BCUT2D eigenvalue weighted by molar-refractivity contribution is 5.42. The van der Waals surface area contributed by atoms with Gasteiger partial charge in [-0.15, -0.1) is 14.8 Å². The van der Waals surface area contributed by atoms with E-state index in [-0.39, 0.29) is 6.04 Å². The normalized spacial score (nSPS) is 13.2. The summed E-state index contributed by atoms with van der Waals surface area (Å²) in [6, 6.07) is 3.85. The van der Waals surface area contributed by atoms with Crippen molar-refractivity contribution in [3.8, 4) is 0 Å². The lowest BCUT2D eigenvalue weighted by atomic mass is 10.1. The molecule has 2 heterocycles. The fraction of sp³-hybridized carbons (Fsp3) is 0.556. The summed E-state index contributed by atoms with van der Waals surface area (Å²) in [5.74, 6) is 1.17. The average molecular weight is 221 g/mol. The highest BCUT2D eigenvalue weighted by Gasteiger charge is 2.12. The zero-order chi connectivity index (χ0) is 11.5. The molecule has 7 nitrogen and oxygen atoms in total. The zero-order valence-electron chi connectivity index (χ0n) is 9.33. The second-order valence-electron chi connectivity index (χ2n) is 3.98. The fourth-order valence-electron chi connectivity index (χ4n) is 1.41. The van der Waals surface area contributed by atoms with E-state index in [1.54, 1.807) is 0 Å². The largest absolute Gasteiger partial charge is 0.364 e. The lowest BCUT2D eigenvalue weighted by Crippen LogP contribution is -2.34. The number of hydrogen-bond donors (Lipinski definition) is 2. The summed E-state index contributed by atoms with van der Waals surface area (Å²) in [5.41, 5.74) is 6.30. The van der Waals surface area contributed by atoms with Gasteiger partial charge in [-0.3, -0.25) is 0 Å². The van der Waals surface area contributed by atoms with Crippen molar-refractivity contribution in [3.05, 3.63) is 12.1 Å². The van der Waals surface area contributed by atoms with Crippen molar-refractivity contribution < 1.29 is 0 Å². The van der Waals surface area contributed by atoms with Gasteiger partial charge in [0.05, 0.1) is 0 Å². The van der Waals surface area contributed by atoms with Crippen molar-refractivity contribution in [1.29, 1.82) is 0 Å². The molecule has 0 saturated carbocycles. The van der Waals surface area contributed by atoms with E-state index < -0.39 is 0 Å². The smallest absolute Gasteiger partial charge is 0.200 e. The topological polar surface area (TPSA) is 94.0 Å². The van der Waals surface area contributed by atoms with E-state index in [1.165, 1.54) is 4.63 Å². The van der Waals surface area contributed by atoms with Gasteiger partial charge in [-0.2, -0.15) is 0 Å². The molecule has 0 aliphatic carbocycles. The molecule has 2 aromatic rings. The average Bonchev–Trinajstić information content (AvgIpc) is 2.72. The quantitative estimate of drug-likeness (QED) is 0.749. The van der Waals surface area contributed by atoms with Crippen LogP contribution < -0.4 is 11.1 Å². The van der Waals surface area contributed by atoms with Crippen LogP contribution in [0.2, 0.25) is 0 Å². The van der Waals surface area contributed by atoms with Crippen molar-refractivity contribution in [2.24, 2.45) is 11.7 Å². The first-order valence-corrected chi connectivity index (χ1v) is 5.22. The molecule has 1 unspecified atom stereocenters. The number of nitrogens with two attached hydrogens (primary N) is 1. The fourth-order valence-corrected chi connectivity index (χ4v) is 1.41. The number of nitrogens with one attached hydrogen (secondary N) is 1. The molecular weight excluding hydrogens is 206 g/mol. The zero-order valence-corrected chi connectivity index (χ0v) is 9.33. The molecule has 0 fully saturated rings. The Morgan fingerprint density at radius 1 is 1.44 bits per heavy atom. The second kappa shape index (κ2) is 4.40. The van der Waals surface area contributed by atoms with Gasteiger partial charge in [0.25, 0.3) is 0 Å². The van der Waals surface area contributed by atoms with Gasteiger partial charge in [-0.05, 0) is 28.5 Å². The van der Waals surface area contributed by atoms with E-state index in [2.05, 4.69) is 39.8 Å². The molecule has 0 amide bonds. The predicted octanol–water partition coefficient (Wildman–Crippen LogP) is -0.0855. The van der Waals surface area contributed by atoms with Gasteiger partial charge in [0.1, 0.15) is 5.82 Å². The molecule has 86 valence electrons. The Balaban J connectivity index is 2.19. The monoisotopic (exact) mass is 221 g/mol. The third-order valence-corrected chi connectivity index (χ3v) is 2.46. The van der Waals surface area contributed by atoms with E-state index in [1.807, 2.05) is 12.1 Å². The number of nitrogens with zero attached hydrogens (tertiary/aromatic N) is 5. The maximum Gasteiger partial charge on any atom is 0.200 e. The van der Waals surface area contributed by atoms with Crippen LogP contribution in [0, 0.1) is 5.92 Å². The summed E-state index contributed by atoms with van der Waals surface area (Å²) < 4.78 is 1.39. The molecule has 0 aliphatic heterocycles. The van der Waals surface area contributed by atoms with Crippen LogP contribution in [0.3, 0.4) is 0 Å². The van der Waals surface area contributed by atoms with Crippen molar-refractivity contribution in [2.75, 3.05) is 11.9 Å². The Bertz CT molecular complexity index is 464. The summed E-state index contributed by atoms with van der Waals surface area (Å²) in [5, 5.41) is 18.5. The van der Waals surface area contributed by atoms with Crippen LogP contribution in [0.5, 0.6) is 0 Å². The molecule has 3 N–H and O–H groups in total. The minimum absolute atomic E-state index is 0.196. The molecule has 0 aliphatic rings. The van der Waals surface area contributed by atoms with Gasteiger partial charge < -0.3 is 11.1 Å².